The number of imide groups is 1. The SMILES string of the molecule is CN(CCCNS(=O)(=O)c1cccc2c(N(C)C)cccc12)CCCN1C(=O)c2ccccc2C1=O. The number of carbonyl (C=O) groups excluding carboxylic acids is 2. The summed E-state index contributed by atoms with van der Waals surface area (Å²) in [4.78, 5) is 30.6. The fourth-order valence-corrected chi connectivity index (χ4v) is 5.87. The molecule has 190 valence electrons. The molecule has 0 fully saturated rings. The molecule has 1 heterocycles. The Labute approximate surface area is 212 Å². The monoisotopic (exact) mass is 508 g/mol. The van der Waals surface area contributed by atoms with Crippen molar-refractivity contribution in [1.82, 2.24) is 14.5 Å². The Balaban J connectivity index is 1.25. The highest BCUT2D eigenvalue weighted by atomic mass is 32.2. The van der Waals surface area contributed by atoms with Crippen LogP contribution in [0.25, 0.3) is 10.8 Å². The number of benzene rings is 3. The highest BCUT2D eigenvalue weighted by Gasteiger charge is 2.34. The number of amides is 2. The van der Waals surface area contributed by atoms with E-state index < -0.39 is 10.0 Å². The van der Waals surface area contributed by atoms with Crippen LogP contribution in [0.15, 0.2) is 65.6 Å². The third kappa shape index (κ3) is 5.28. The summed E-state index contributed by atoms with van der Waals surface area (Å²) in [7, 11) is 2.16. The molecule has 1 N–H and O–H groups in total. The van der Waals surface area contributed by atoms with E-state index in [1.54, 1.807) is 36.4 Å². The zero-order valence-electron chi connectivity index (χ0n) is 20.9. The standard InChI is InChI=1S/C27H32N4O4S/c1-29(2)24-14-6-13-21-20(24)12-7-15-25(21)36(34,35)28-16-8-17-30(3)18-9-19-31-26(32)22-10-4-5-11-23(22)27(31)33/h4-7,10-15,28H,8-9,16-19H2,1-3H3. The van der Waals surface area contributed by atoms with Crippen molar-refractivity contribution >= 4 is 38.3 Å². The Hall–Kier alpha value is -3.27. The summed E-state index contributed by atoms with van der Waals surface area (Å²) in [5.41, 5.74) is 1.90. The van der Waals surface area contributed by atoms with Crippen molar-refractivity contribution in [2.24, 2.45) is 0 Å². The van der Waals surface area contributed by atoms with Gasteiger partial charge in [0.2, 0.25) is 10.0 Å². The lowest BCUT2D eigenvalue weighted by atomic mass is 10.1. The van der Waals surface area contributed by atoms with Crippen LogP contribution in [-0.4, -0.2) is 77.4 Å². The fraction of sp³-hybridized carbons (Fsp3) is 0.333. The second-order valence-corrected chi connectivity index (χ2v) is 11.0. The number of hydrogen-bond acceptors (Lipinski definition) is 6. The highest BCUT2D eigenvalue weighted by Crippen LogP contribution is 2.30. The van der Waals surface area contributed by atoms with Gasteiger partial charge >= 0.3 is 0 Å². The Morgan fingerprint density at radius 1 is 0.778 bits per heavy atom. The molecule has 1 aliphatic heterocycles. The molecule has 9 heteroatoms. The number of nitrogens with zero attached hydrogens (tertiary/aromatic N) is 3. The average Bonchev–Trinajstić information content (AvgIpc) is 3.10. The number of rotatable bonds is 11. The number of fused-ring (bicyclic) bond motifs is 2. The minimum absolute atomic E-state index is 0.237. The smallest absolute Gasteiger partial charge is 0.261 e. The van der Waals surface area contributed by atoms with E-state index in [-0.39, 0.29) is 16.7 Å². The molecular weight excluding hydrogens is 476 g/mol. The first-order valence-corrected chi connectivity index (χ1v) is 13.5. The van der Waals surface area contributed by atoms with Gasteiger partial charge in [-0.3, -0.25) is 14.5 Å². The Morgan fingerprint density at radius 3 is 2.06 bits per heavy atom. The first-order chi connectivity index (χ1) is 17.2. The molecule has 0 atom stereocenters. The van der Waals surface area contributed by atoms with E-state index in [1.807, 2.05) is 50.3 Å². The van der Waals surface area contributed by atoms with Crippen LogP contribution in [-0.2, 0) is 10.0 Å². The fourth-order valence-electron chi connectivity index (χ4n) is 4.57. The topological polar surface area (TPSA) is 90.0 Å². The highest BCUT2D eigenvalue weighted by molar-refractivity contribution is 7.89. The molecule has 8 nitrogen and oxygen atoms in total. The van der Waals surface area contributed by atoms with E-state index in [9.17, 15) is 18.0 Å². The van der Waals surface area contributed by atoms with Crippen LogP contribution in [0.1, 0.15) is 33.6 Å². The van der Waals surface area contributed by atoms with E-state index in [2.05, 4.69) is 9.62 Å². The van der Waals surface area contributed by atoms with Crippen molar-refractivity contribution < 1.29 is 18.0 Å². The van der Waals surface area contributed by atoms with Gasteiger partial charge in [0.15, 0.2) is 0 Å². The summed E-state index contributed by atoms with van der Waals surface area (Å²) in [6.45, 7) is 2.05. The molecule has 36 heavy (non-hydrogen) atoms. The quantitative estimate of drug-likeness (QED) is 0.316. The lowest BCUT2D eigenvalue weighted by molar-refractivity contribution is 0.0648. The summed E-state index contributed by atoms with van der Waals surface area (Å²) < 4.78 is 28.8. The summed E-state index contributed by atoms with van der Waals surface area (Å²) >= 11 is 0. The first kappa shape index (κ1) is 25.8. The molecule has 3 aromatic carbocycles. The number of anilines is 1. The van der Waals surface area contributed by atoms with Crippen LogP contribution in [0.3, 0.4) is 0 Å². The van der Waals surface area contributed by atoms with E-state index in [0.717, 1.165) is 11.1 Å². The van der Waals surface area contributed by atoms with Crippen LogP contribution >= 0.6 is 0 Å². The van der Waals surface area contributed by atoms with Gasteiger partial charge in [-0.25, -0.2) is 13.1 Å². The van der Waals surface area contributed by atoms with Gasteiger partial charge in [0.05, 0.1) is 16.0 Å². The van der Waals surface area contributed by atoms with Crippen LogP contribution < -0.4 is 9.62 Å². The maximum Gasteiger partial charge on any atom is 0.261 e. The van der Waals surface area contributed by atoms with E-state index in [1.165, 1.54) is 4.90 Å². The molecular formula is C27H32N4O4S. The van der Waals surface area contributed by atoms with E-state index >= 15 is 0 Å². The van der Waals surface area contributed by atoms with Gasteiger partial charge in [-0.2, -0.15) is 0 Å². The predicted octanol–water partition coefficient (Wildman–Crippen LogP) is 3.19. The van der Waals surface area contributed by atoms with Gasteiger partial charge in [-0.05, 0) is 57.2 Å². The molecule has 0 aromatic heterocycles. The first-order valence-electron chi connectivity index (χ1n) is 12.0. The van der Waals surface area contributed by atoms with Crippen LogP contribution in [0.2, 0.25) is 0 Å². The van der Waals surface area contributed by atoms with Crippen molar-refractivity contribution in [1.29, 1.82) is 0 Å². The maximum atomic E-state index is 13.0. The van der Waals surface area contributed by atoms with Gasteiger partial charge < -0.3 is 9.80 Å². The summed E-state index contributed by atoms with van der Waals surface area (Å²) in [6.07, 6.45) is 1.29. The van der Waals surface area contributed by atoms with Crippen molar-refractivity contribution in [2.45, 2.75) is 17.7 Å². The lowest BCUT2D eigenvalue weighted by Crippen LogP contribution is -2.33. The van der Waals surface area contributed by atoms with Gasteiger partial charge in [0.25, 0.3) is 11.8 Å². The van der Waals surface area contributed by atoms with E-state index in [4.69, 9.17) is 0 Å². The summed E-state index contributed by atoms with van der Waals surface area (Å²) in [5, 5.41) is 1.59. The third-order valence-electron chi connectivity index (χ3n) is 6.44. The Bertz CT molecular complexity index is 1350. The molecule has 1 aliphatic rings. The zero-order valence-corrected chi connectivity index (χ0v) is 21.7. The molecule has 2 amide bonds. The molecule has 0 aliphatic carbocycles. The Kier molecular flexibility index (Phi) is 7.73. The molecule has 4 rings (SSSR count). The largest absolute Gasteiger partial charge is 0.377 e. The molecule has 0 spiro atoms. The number of hydrogen-bond donors (Lipinski definition) is 1. The molecule has 0 radical (unpaired) electrons. The second kappa shape index (κ2) is 10.8. The van der Waals surface area contributed by atoms with Crippen molar-refractivity contribution in [2.75, 3.05) is 52.2 Å². The summed E-state index contributed by atoms with van der Waals surface area (Å²) in [6, 6.07) is 17.9. The molecule has 0 bridgehead atoms. The van der Waals surface area contributed by atoms with Gasteiger partial charge in [0, 0.05) is 43.6 Å². The zero-order chi connectivity index (χ0) is 25.9. The van der Waals surface area contributed by atoms with Gasteiger partial charge in [-0.1, -0.05) is 36.4 Å². The number of nitrogens with one attached hydrogen (secondary N) is 1. The van der Waals surface area contributed by atoms with Gasteiger partial charge in [-0.15, -0.1) is 0 Å². The second-order valence-electron chi connectivity index (χ2n) is 9.24. The minimum Gasteiger partial charge on any atom is -0.377 e. The van der Waals surface area contributed by atoms with Crippen molar-refractivity contribution in [3.8, 4) is 0 Å². The van der Waals surface area contributed by atoms with Gasteiger partial charge in [0.1, 0.15) is 0 Å². The number of carbonyl (C=O) groups is 2. The molecule has 0 unspecified atom stereocenters. The molecule has 0 saturated carbocycles. The maximum absolute atomic E-state index is 13.0. The van der Waals surface area contributed by atoms with Crippen molar-refractivity contribution in [3.63, 3.8) is 0 Å². The minimum atomic E-state index is -3.66. The summed E-state index contributed by atoms with van der Waals surface area (Å²) in [5.74, 6) is -0.474. The van der Waals surface area contributed by atoms with Crippen molar-refractivity contribution in [3.05, 3.63) is 71.8 Å². The van der Waals surface area contributed by atoms with E-state index in [0.29, 0.717) is 55.5 Å². The molecule has 0 saturated heterocycles. The normalized spacial score (nSPS) is 13.6. The lowest BCUT2D eigenvalue weighted by Gasteiger charge is -2.19. The van der Waals surface area contributed by atoms with Crippen LogP contribution in [0, 0.1) is 0 Å². The number of sulfonamides is 1. The average molecular weight is 509 g/mol. The third-order valence-corrected chi connectivity index (χ3v) is 7.96. The molecule has 3 aromatic rings. The van der Waals surface area contributed by atoms with Crippen LogP contribution in [0.5, 0.6) is 0 Å². The predicted molar refractivity (Wildman–Crippen MR) is 142 cm³/mol. The van der Waals surface area contributed by atoms with Crippen LogP contribution in [0.4, 0.5) is 5.69 Å². The Morgan fingerprint density at radius 2 is 1.39 bits per heavy atom.